The van der Waals surface area contributed by atoms with Crippen molar-refractivity contribution in [2.24, 2.45) is 7.05 Å². The molecule has 0 radical (unpaired) electrons. The molecule has 1 aromatic carbocycles. The quantitative estimate of drug-likeness (QED) is 0.798. The number of anilines is 2. The van der Waals surface area contributed by atoms with E-state index in [1.807, 2.05) is 0 Å². The molecule has 1 atom stereocenters. The van der Waals surface area contributed by atoms with Crippen LogP contribution in [0.15, 0.2) is 36.7 Å². The molecule has 4 rings (SSSR count). The fraction of sp³-hybridized carbons (Fsp3) is 0.429. The average molecular weight is 426 g/mol. The number of aryl methyl sites for hydroxylation is 1. The summed E-state index contributed by atoms with van der Waals surface area (Å²) in [4.78, 5) is 43.0. The first kappa shape index (κ1) is 20.7. The molecule has 31 heavy (non-hydrogen) atoms. The Bertz CT molecular complexity index is 1020. The van der Waals surface area contributed by atoms with Crippen molar-refractivity contribution < 1.29 is 19.1 Å². The van der Waals surface area contributed by atoms with Gasteiger partial charge in [0.05, 0.1) is 31.1 Å². The van der Waals surface area contributed by atoms with Crippen molar-refractivity contribution in [3.05, 3.63) is 36.7 Å². The lowest BCUT2D eigenvalue weighted by Gasteiger charge is -2.47. The van der Waals surface area contributed by atoms with Crippen molar-refractivity contribution in [3.8, 4) is 5.75 Å². The SMILES string of the molecule is COc1cccc(NC(=O)N2CCC3(C2)CN(c2cnn(C)c2)C(=O)CN3C(C)=O)c1. The molecule has 2 aliphatic rings. The number of methoxy groups -OCH3 is 1. The lowest BCUT2D eigenvalue weighted by Crippen LogP contribution is -2.67. The van der Waals surface area contributed by atoms with Gasteiger partial charge in [-0.1, -0.05) is 6.07 Å². The highest BCUT2D eigenvalue weighted by Crippen LogP contribution is 2.34. The van der Waals surface area contributed by atoms with Gasteiger partial charge in [0, 0.05) is 45.0 Å². The fourth-order valence-electron chi connectivity index (χ4n) is 4.37. The maximum atomic E-state index is 12.9. The van der Waals surface area contributed by atoms with E-state index in [-0.39, 0.29) is 24.4 Å². The summed E-state index contributed by atoms with van der Waals surface area (Å²) >= 11 is 0. The summed E-state index contributed by atoms with van der Waals surface area (Å²) in [7, 11) is 3.36. The van der Waals surface area contributed by atoms with Gasteiger partial charge >= 0.3 is 6.03 Å². The van der Waals surface area contributed by atoms with Crippen LogP contribution in [0, 0.1) is 0 Å². The second-order valence-corrected chi connectivity index (χ2v) is 8.02. The number of likely N-dealkylation sites (tertiary alicyclic amines) is 1. The Morgan fingerprint density at radius 1 is 1.26 bits per heavy atom. The summed E-state index contributed by atoms with van der Waals surface area (Å²) in [6.07, 6.45) is 4.00. The van der Waals surface area contributed by atoms with Crippen molar-refractivity contribution in [3.63, 3.8) is 0 Å². The van der Waals surface area contributed by atoms with E-state index in [9.17, 15) is 14.4 Å². The molecular weight excluding hydrogens is 400 g/mol. The predicted molar refractivity (Wildman–Crippen MR) is 114 cm³/mol. The van der Waals surface area contributed by atoms with Crippen LogP contribution in [0.4, 0.5) is 16.2 Å². The van der Waals surface area contributed by atoms with E-state index in [4.69, 9.17) is 4.74 Å². The van der Waals surface area contributed by atoms with Crippen molar-refractivity contribution in [1.82, 2.24) is 19.6 Å². The van der Waals surface area contributed by atoms with Crippen LogP contribution < -0.4 is 15.0 Å². The zero-order chi connectivity index (χ0) is 22.2. The number of urea groups is 1. The van der Waals surface area contributed by atoms with E-state index in [2.05, 4.69) is 10.4 Å². The molecule has 0 bridgehead atoms. The number of hydrogen-bond acceptors (Lipinski definition) is 5. The average Bonchev–Trinajstić information content (AvgIpc) is 3.36. The zero-order valence-corrected chi connectivity index (χ0v) is 17.9. The summed E-state index contributed by atoms with van der Waals surface area (Å²) in [5.74, 6) is 0.318. The first-order valence-corrected chi connectivity index (χ1v) is 10.1. The van der Waals surface area contributed by atoms with Crippen LogP contribution in [0.2, 0.25) is 0 Å². The van der Waals surface area contributed by atoms with Crippen LogP contribution in [-0.4, -0.2) is 76.3 Å². The Hall–Kier alpha value is -3.56. The van der Waals surface area contributed by atoms with Crippen LogP contribution in [0.5, 0.6) is 5.75 Å². The Morgan fingerprint density at radius 2 is 2.06 bits per heavy atom. The van der Waals surface area contributed by atoms with Gasteiger partial charge in [0.25, 0.3) is 0 Å². The predicted octanol–water partition coefficient (Wildman–Crippen LogP) is 1.30. The molecule has 10 heteroatoms. The standard InChI is InChI=1S/C21H26N6O4/c1-15(28)27-12-19(29)26(17-10-22-24(2)11-17)14-21(27)7-8-25(13-21)20(30)23-16-5-4-6-18(9-16)31-3/h4-6,9-11H,7-8,12-14H2,1-3H3,(H,23,30). The zero-order valence-electron chi connectivity index (χ0n) is 17.9. The molecule has 2 saturated heterocycles. The third kappa shape index (κ3) is 3.92. The van der Waals surface area contributed by atoms with Gasteiger partial charge in [0.2, 0.25) is 11.8 Å². The molecular formula is C21H26N6O4. The topological polar surface area (TPSA) is 100 Å². The fourth-order valence-corrected chi connectivity index (χ4v) is 4.37. The molecule has 10 nitrogen and oxygen atoms in total. The number of piperazine rings is 1. The van der Waals surface area contributed by atoms with Crippen LogP contribution in [0.25, 0.3) is 0 Å². The molecule has 0 saturated carbocycles. The molecule has 2 fully saturated rings. The Kier molecular flexibility index (Phi) is 5.30. The summed E-state index contributed by atoms with van der Waals surface area (Å²) in [5, 5.41) is 7.05. The van der Waals surface area contributed by atoms with E-state index in [0.29, 0.717) is 43.2 Å². The van der Waals surface area contributed by atoms with E-state index in [0.717, 1.165) is 0 Å². The Labute approximate surface area is 180 Å². The monoisotopic (exact) mass is 426 g/mol. The summed E-state index contributed by atoms with van der Waals surface area (Å²) in [6.45, 7) is 2.59. The van der Waals surface area contributed by atoms with Crippen LogP contribution >= 0.6 is 0 Å². The molecule has 164 valence electrons. The third-order valence-electron chi connectivity index (χ3n) is 5.94. The number of carbonyl (C=O) groups excluding carboxylic acids is 3. The van der Waals surface area contributed by atoms with E-state index in [1.54, 1.807) is 70.2 Å². The lowest BCUT2D eigenvalue weighted by atomic mass is 9.92. The third-order valence-corrected chi connectivity index (χ3v) is 5.94. The van der Waals surface area contributed by atoms with Gasteiger partial charge in [-0.3, -0.25) is 14.3 Å². The molecule has 0 aliphatic carbocycles. The van der Waals surface area contributed by atoms with E-state index in [1.165, 1.54) is 6.92 Å². The minimum absolute atomic E-state index is 0.0183. The number of aromatic nitrogens is 2. The first-order valence-electron chi connectivity index (χ1n) is 10.1. The smallest absolute Gasteiger partial charge is 0.321 e. The second kappa shape index (κ2) is 7.93. The van der Waals surface area contributed by atoms with Crippen LogP contribution in [0.1, 0.15) is 13.3 Å². The first-order chi connectivity index (χ1) is 14.8. The van der Waals surface area contributed by atoms with Crippen molar-refractivity contribution in [2.75, 3.05) is 43.5 Å². The number of amides is 4. The maximum absolute atomic E-state index is 12.9. The largest absolute Gasteiger partial charge is 0.497 e. The normalized spacial score (nSPS) is 21.0. The van der Waals surface area contributed by atoms with E-state index >= 15 is 0 Å². The van der Waals surface area contributed by atoms with Crippen molar-refractivity contribution >= 4 is 29.2 Å². The number of hydrogen-bond donors (Lipinski definition) is 1. The van der Waals surface area contributed by atoms with Gasteiger partial charge in [0.1, 0.15) is 12.3 Å². The molecule has 1 spiro atoms. The van der Waals surface area contributed by atoms with Crippen molar-refractivity contribution in [2.45, 2.75) is 18.9 Å². The number of nitrogens with zero attached hydrogens (tertiary/aromatic N) is 5. The van der Waals surface area contributed by atoms with Gasteiger partial charge in [-0.2, -0.15) is 5.10 Å². The van der Waals surface area contributed by atoms with Crippen molar-refractivity contribution in [1.29, 1.82) is 0 Å². The second-order valence-electron chi connectivity index (χ2n) is 8.02. The number of carbonyl (C=O) groups is 3. The lowest BCUT2D eigenvalue weighted by molar-refractivity contribution is -0.142. The Morgan fingerprint density at radius 3 is 2.74 bits per heavy atom. The number of rotatable bonds is 3. The number of nitrogens with one attached hydrogen (secondary N) is 1. The molecule has 1 N–H and O–H groups in total. The van der Waals surface area contributed by atoms with Gasteiger partial charge in [-0.15, -0.1) is 0 Å². The van der Waals surface area contributed by atoms with Gasteiger partial charge in [0.15, 0.2) is 0 Å². The molecule has 3 heterocycles. The summed E-state index contributed by atoms with van der Waals surface area (Å²) in [6, 6.07) is 6.89. The molecule has 2 aliphatic heterocycles. The molecule has 1 aromatic heterocycles. The maximum Gasteiger partial charge on any atom is 0.321 e. The van der Waals surface area contributed by atoms with E-state index < -0.39 is 5.54 Å². The van der Waals surface area contributed by atoms with Gasteiger partial charge in [-0.05, 0) is 18.6 Å². The number of benzene rings is 1. The highest BCUT2D eigenvalue weighted by atomic mass is 16.5. The van der Waals surface area contributed by atoms with Gasteiger partial charge in [-0.25, -0.2) is 4.79 Å². The summed E-state index contributed by atoms with van der Waals surface area (Å²) in [5.41, 5.74) is 0.681. The minimum Gasteiger partial charge on any atom is -0.497 e. The summed E-state index contributed by atoms with van der Waals surface area (Å²) < 4.78 is 6.84. The highest BCUT2D eigenvalue weighted by molar-refractivity contribution is 5.98. The highest BCUT2D eigenvalue weighted by Gasteiger charge is 2.51. The number of ether oxygens (including phenoxy) is 1. The molecule has 2 aromatic rings. The van der Waals surface area contributed by atoms with Crippen LogP contribution in [0.3, 0.4) is 0 Å². The molecule has 1 unspecified atom stereocenters. The van der Waals surface area contributed by atoms with Gasteiger partial charge < -0.3 is 24.8 Å². The minimum atomic E-state index is -0.638. The molecule has 4 amide bonds. The van der Waals surface area contributed by atoms with Crippen LogP contribution in [-0.2, 0) is 16.6 Å². The Balaban J connectivity index is 1.54.